The van der Waals surface area contributed by atoms with Gasteiger partial charge in [-0.3, -0.25) is 0 Å². The number of hydrogen-bond donors (Lipinski definition) is 2. The number of anilines is 1. The SMILES string of the molecule is Nc1ccc(-c2nc(-c3ccc(F)c(F)c3)no2)cc1O. The molecule has 0 saturated heterocycles. The zero-order chi connectivity index (χ0) is 15.0. The Morgan fingerprint density at radius 1 is 1.00 bits per heavy atom. The predicted octanol–water partition coefficient (Wildman–Crippen LogP) is 2.97. The van der Waals surface area contributed by atoms with E-state index >= 15 is 0 Å². The first-order chi connectivity index (χ1) is 10.0. The Kier molecular flexibility index (Phi) is 3.02. The van der Waals surface area contributed by atoms with Crippen LogP contribution in [0.5, 0.6) is 5.75 Å². The van der Waals surface area contributed by atoms with Crippen molar-refractivity contribution in [1.29, 1.82) is 0 Å². The van der Waals surface area contributed by atoms with Crippen LogP contribution in [-0.2, 0) is 0 Å². The van der Waals surface area contributed by atoms with E-state index in [-0.39, 0.29) is 28.7 Å². The van der Waals surface area contributed by atoms with Crippen molar-refractivity contribution in [2.24, 2.45) is 0 Å². The van der Waals surface area contributed by atoms with E-state index in [4.69, 9.17) is 10.3 Å². The Labute approximate surface area is 117 Å². The van der Waals surface area contributed by atoms with Gasteiger partial charge in [0.2, 0.25) is 5.82 Å². The van der Waals surface area contributed by atoms with Gasteiger partial charge in [-0.2, -0.15) is 4.98 Å². The molecule has 0 fully saturated rings. The number of hydrogen-bond acceptors (Lipinski definition) is 5. The molecule has 21 heavy (non-hydrogen) atoms. The molecule has 0 atom stereocenters. The molecule has 0 aliphatic heterocycles. The Balaban J connectivity index is 1.99. The van der Waals surface area contributed by atoms with Gasteiger partial charge >= 0.3 is 0 Å². The van der Waals surface area contributed by atoms with Crippen LogP contribution in [0.4, 0.5) is 14.5 Å². The molecule has 1 aromatic heterocycles. The largest absolute Gasteiger partial charge is 0.506 e. The predicted molar refractivity (Wildman–Crippen MR) is 71.2 cm³/mol. The third kappa shape index (κ3) is 2.40. The molecule has 0 amide bonds. The number of halogens is 2. The molecule has 5 nitrogen and oxygen atoms in total. The number of nitrogen functional groups attached to an aromatic ring is 1. The molecule has 3 rings (SSSR count). The maximum atomic E-state index is 13.2. The second kappa shape index (κ2) is 4.86. The summed E-state index contributed by atoms with van der Waals surface area (Å²) >= 11 is 0. The van der Waals surface area contributed by atoms with Crippen LogP contribution >= 0.6 is 0 Å². The molecule has 0 aliphatic rings. The van der Waals surface area contributed by atoms with Gasteiger partial charge in [-0.25, -0.2) is 8.78 Å². The summed E-state index contributed by atoms with van der Waals surface area (Å²) in [6, 6.07) is 7.76. The minimum absolute atomic E-state index is 0.111. The van der Waals surface area contributed by atoms with Gasteiger partial charge in [0.05, 0.1) is 5.69 Å². The molecule has 0 aliphatic carbocycles. The first-order valence-corrected chi connectivity index (χ1v) is 5.92. The lowest BCUT2D eigenvalue weighted by atomic mass is 10.2. The van der Waals surface area contributed by atoms with Crippen LogP contribution < -0.4 is 5.73 Å². The summed E-state index contributed by atoms with van der Waals surface area (Å²) in [7, 11) is 0. The number of aromatic nitrogens is 2. The molecule has 1 heterocycles. The van der Waals surface area contributed by atoms with E-state index in [1.807, 2.05) is 0 Å². The van der Waals surface area contributed by atoms with Crippen LogP contribution in [0.2, 0.25) is 0 Å². The summed E-state index contributed by atoms with van der Waals surface area (Å²) < 4.78 is 31.1. The van der Waals surface area contributed by atoms with Crippen molar-refractivity contribution < 1.29 is 18.4 Å². The van der Waals surface area contributed by atoms with E-state index in [1.54, 1.807) is 6.07 Å². The average molecular weight is 289 g/mol. The Morgan fingerprint density at radius 3 is 2.48 bits per heavy atom. The average Bonchev–Trinajstić information content (AvgIpc) is 2.94. The molecule has 0 unspecified atom stereocenters. The van der Waals surface area contributed by atoms with Gasteiger partial charge in [0.15, 0.2) is 11.6 Å². The molecule has 0 saturated carbocycles. The second-order valence-electron chi connectivity index (χ2n) is 4.33. The molecule has 0 radical (unpaired) electrons. The van der Waals surface area contributed by atoms with Crippen molar-refractivity contribution in [1.82, 2.24) is 10.1 Å². The second-order valence-corrected chi connectivity index (χ2v) is 4.33. The van der Waals surface area contributed by atoms with E-state index in [1.165, 1.54) is 18.2 Å². The fourth-order valence-corrected chi connectivity index (χ4v) is 1.77. The highest BCUT2D eigenvalue weighted by molar-refractivity contribution is 5.65. The maximum Gasteiger partial charge on any atom is 0.258 e. The third-order valence-electron chi connectivity index (χ3n) is 2.88. The van der Waals surface area contributed by atoms with Gasteiger partial charge in [0.25, 0.3) is 5.89 Å². The third-order valence-corrected chi connectivity index (χ3v) is 2.88. The molecule has 2 aromatic carbocycles. The highest BCUT2D eigenvalue weighted by Crippen LogP contribution is 2.28. The van der Waals surface area contributed by atoms with Crippen molar-refractivity contribution in [3.8, 4) is 28.6 Å². The first kappa shape index (κ1) is 13.0. The van der Waals surface area contributed by atoms with E-state index in [9.17, 15) is 13.9 Å². The van der Waals surface area contributed by atoms with Crippen LogP contribution in [0.1, 0.15) is 0 Å². The first-order valence-electron chi connectivity index (χ1n) is 5.92. The summed E-state index contributed by atoms with van der Waals surface area (Å²) in [5.41, 5.74) is 6.46. The number of nitrogens with two attached hydrogens (primary N) is 1. The molecule has 7 heteroatoms. The normalized spacial score (nSPS) is 10.8. The summed E-state index contributed by atoms with van der Waals surface area (Å²) in [5.74, 6) is -1.82. The smallest absolute Gasteiger partial charge is 0.258 e. The van der Waals surface area contributed by atoms with E-state index in [0.717, 1.165) is 12.1 Å². The topological polar surface area (TPSA) is 85.2 Å². The zero-order valence-electron chi connectivity index (χ0n) is 10.5. The highest BCUT2D eigenvalue weighted by atomic mass is 19.2. The standard InChI is InChI=1S/C14H9F2N3O2/c15-9-3-1-7(5-10(9)16)13-18-14(21-19-13)8-2-4-11(17)12(20)6-8/h1-6,20H,17H2. The highest BCUT2D eigenvalue weighted by Gasteiger charge is 2.13. The molecule has 3 N–H and O–H groups in total. The van der Waals surface area contributed by atoms with Gasteiger partial charge in [-0.15, -0.1) is 0 Å². The monoisotopic (exact) mass is 289 g/mol. The Morgan fingerprint density at radius 2 is 1.76 bits per heavy atom. The summed E-state index contributed by atoms with van der Waals surface area (Å²) in [4.78, 5) is 4.07. The number of nitrogens with zero attached hydrogens (tertiary/aromatic N) is 2. The van der Waals surface area contributed by atoms with Crippen molar-refractivity contribution in [2.45, 2.75) is 0 Å². The van der Waals surface area contributed by atoms with Crippen LogP contribution in [0.25, 0.3) is 22.8 Å². The number of phenols is 1. The number of aromatic hydroxyl groups is 1. The maximum absolute atomic E-state index is 13.2. The lowest BCUT2D eigenvalue weighted by molar-refractivity contribution is 0.431. The fraction of sp³-hybridized carbons (Fsp3) is 0. The van der Waals surface area contributed by atoms with Gasteiger partial charge in [-0.05, 0) is 36.4 Å². The van der Waals surface area contributed by atoms with E-state index in [2.05, 4.69) is 10.1 Å². The van der Waals surface area contributed by atoms with E-state index < -0.39 is 11.6 Å². The van der Waals surface area contributed by atoms with E-state index in [0.29, 0.717) is 5.56 Å². The van der Waals surface area contributed by atoms with Crippen molar-refractivity contribution in [2.75, 3.05) is 5.73 Å². The van der Waals surface area contributed by atoms with Crippen molar-refractivity contribution in [3.05, 3.63) is 48.0 Å². The quantitative estimate of drug-likeness (QED) is 0.559. The fourth-order valence-electron chi connectivity index (χ4n) is 1.77. The minimum atomic E-state index is -0.996. The van der Waals surface area contributed by atoms with Gasteiger partial charge in [-0.1, -0.05) is 5.16 Å². The molecule has 3 aromatic rings. The van der Waals surface area contributed by atoms with Gasteiger partial charge in [0.1, 0.15) is 5.75 Å². The number of phenolic OH excluding ortho intramolecular Hbond substituents is 1. The molecule has 106 valence electrons. The lowest BCUT2D eigenvalue weighted by Gasteiger charge is -1.99. The lowest BCUT2D eigenvalue weighted by Crippen LogP contribution is -1.87. The Bertz CT molecular complexity index is 752. The zero-order valence-corrected chi connectivity index (χ0v) is 10.5. The number of benzene rings is 2. The minimum Gasteiger partial charge on any atom is -0.506 e. The molecular formula is C14H9F2N3O2. The summed E-state index contributed by atoms with van der Waals surface area (Å²) in [5, 5.41) is 13.2. The van der Waals surface area contributed by atoms with Gasteiger partial charge < -0.3 is 15.4 Å². The van der Waals surface area contributed by atoms with Crippen LogP contribution in [0.3, 0.4) is 0 Å². The Hall–Kier alpha value is -2.96. The van der Waals surface area contributed by atoms with Gasteiger partial charge in [0, 0.05) is 11.1 Å². The molecule has 0 spiro atoms. The van der Waals surface area contributed by atoms with Crippen molar-refractivity contribution >= 4 is 5.69 Å². The summed E-state index contributed by atoms with van der Waals surface area (Å²) in [6.45, 7) is 0. The van der Waals surface area contributed by atoms with Crippen LogP contribution in [-0.4, -0.2) is 15.2 Å². The van der Waals surface area contributed by atoms with Crippen LogP contribution in [0, 0.1) is 11.6 Å². The van der Waals surface area contributed by atoms with Crippen LogP contribution in [0.15, 0.2) is 40.9 Å². The summed E-state index contributed by atoms with van der Waals surface area (Å²) in [6.07, 6.45) is 0. The molecular weight excluding hydrogens is 280 g/mol. The number of rotatable bonds is 2. The van der Waals surface area contributed by atoms with Crippen molar-refractivity contribution in [3.63, 3.8) is 0 Å². The molecule has 0 bridgehead atoms.